The highest BCUT2D eigenvalue weighted by molar-refractivity contribution is 5.58. The second-order valence-corrected chi connectivity index (χ2v) is 8.93. The minimum absolute atomic E-state index is 0.353. The van der Waals surface area contributed by atoms with Gasteiger partial charge in [-0.05, 0) is 62.1 Å². The summed E-state index contributed by atoms with van der Waals surface area (Å²) < 4.78 is 6.38. The van der Waals surface area contributed by atoms with Crippen LogP contribution in [0.25, 0.3) is 11.3 Å². The average molecular weight is 414 g/mol. The Morgan fingerprint density at radius 1 is 0.903 bits per heavy atom. The van der Waals surface area contributed by atoms with E-state index in [1.807, 2.05) is 24.4 Å². The second kappa shape index (κ2) is 9.21. The molecule has 4 heteroatoms. The van der Waals surface area contributed by atoms with Crippen molar-refractivity contribution < 1.29 is 4.74 Å². The summed E-state index contributed by atoms with van der Waals surface area (Å²) in [5.74, 6) is 1.00. The van der Waals surface area contributed by atoms with Crippen molar-refractivity contribution in [1.82, 2.24) is 15.2 Å². The summed E-state index contributed by atoms with van der Waals surface area (Å²) in [7, 11) is 2.27. The fraction of sp³-hybridized carbons (Fsp3) is 0.370. The number of nitrogens with zero attached hydrogens (tertiary/aromatic N) is 2. The Morgan fingerprint density at radius 2 is 1.68 bits per heavy atom. The molecule has 2 atom stereocenters. The SMILES string of the molecule is CN1[C@H]2CC[C@H]1CC(Oc1cccc(CNCc3ccc(-c4ccccc4)nc3)c1)C2. The van der Waals surface area contributed by atoms with Gasteiger partial charge in [-0.25, -0.2) is 0 Å². The number of fused-ring (bicyclic) bond motifs is 2. The highest BCUT2D eigenvalue weighted by atomic mass is 16.5. The molecule has 2 saturated heterocycles. The number of ether oxygens (including phenoxy) is 1. The first kappa shape index (κ1) is 20.2. The third kappa shape index (κ3) is 4.81. The zero-order chi connectivity index (χ0) is 21.0. The van der Waals surface area contributed by atoms with Crippen LogP contribution in [0.2, 0.25) is 0 Å². The number of piperidine rings is 1. The Hall–Kier alpha value is -2.69. The van der Waals surface area contributed by atoms with Crippen LogP contribution >= 0.6 is 0 Å². The van der Waals surface area contributed by atoms with E-state index in [9.17, 15) is 0 Å². The minimum atomic E-state index is 0.353. The summed E-state index contributed by atoms with van der Waals surface area (Å²) in [6.07, 6.45) is 7.27. The van der Waals surface area contributed by atoms with E-state index in [-0.39, 0.29) is 0 Å². The molecule has 0 unspecified atom stereocenters. The van der Waals surface area contributed by atoms with Crippen LogP contribution in [0.4, 0.5) is 0 Å². The molecule has 0 spiro atoms. The third-order valence-corrected chi connectivity index (χ3v) is 6.81. The monoisotopic (exact) mass is 413 g/mol. The van der Waals surface area contributed by atoms with E-state index in [0.29, 0.717) is 18.2 Å². The number of hydrogen-bond donors (Lipinski definition) is 1. The van der Waals surface area contributed by atoms with E-state index >= 15 is 0 Å². The molecule has 31 heavy (non-hydrogen) atoms. The van der Waals surface area contributed by atoms with Crippen molar-refractivity contribution in [3.8, 4) is 17.0 Å². The van der Waals surface area contributed by atoms with Gasteiger partial charge in [-0.3, -0.25) is 4.98 Å². The van der Waals surface area contributed by atoms with Gasteiger partial charge in [0.05, 0.1) is 5.69 Å². The van der Waals surface area contributed by atoms with E-state index in [0.717, 1.165) is 42.9 Å². The van der Waals surface area contributed by atoms with Crippen LogP contribution in [0.3, 0.4) is 0 Å². The molecule has 160 valence electrons. The maximum Gasteiger partial charge on any atom is 0.120 e. The molecule has 2 fully saturated rings. The molecule has 1 N–H and O–H groups in total. The summed E-state index contributed by atoms with van der Waals surface area (Å²) >= 11 is 0. The number of benzene rings is 2. The fourth-order valence-corrected chi connectivity index (χ4v) is 5.04. The van der Waals surface area contributed by atoms with Crippen LogP contribution in [0.1, 0.15) is 36.8 Å². The number of hydrogen-bond acceptors (Lipinski definition) is 4. The van der Waals surface area contributed by atoms with Crippen LogP contribution in [0, 0.1) is 0 Å². The molecule has 2 aliphatic rings. The molecule has 1 aromatic heterocycles. The largest absolute Gasteiger partial charge is 0.490 e. The molecule has 5 rings (SSSR count). The van der Waals surface area contributed by atoms with Crippen molar-refractivity contribution in [1.29, 1.82) is 0 Å². The molecule has 0 radical (unpaired) electrons. The number of aromatic nitrogens is 1. The lowest BCUT2D eigenvalue weighted by Gasteiger charge is -2.36. The molecule has 3 aromatic rings. The van der Waals surface area contributed by atoms with E-state index in [1.54, 1.807) is 0 Å². The van der Waals surface area contributed by atoms with E-state index in [1.165, 1.54) is 24.0 Å². The lowest BCUT2D eigenvalue weighted by Crippen LogP contribution is -2.43. The summed E-state index contributed by atoms with van der Waals surface area (Å²) in [6, 6.07) is 24.5. The Bertz CT molecular complexity index is 975. The molecule has 0 aliphatic carbocycles. The molecular formula is C27H31N3O. The highest BCUT2D eigenvalue weighted by Gasteiger charge is 2.39. The number of nitrogens with one attached hydrogen (secondary N) is 1. The zero-order valence-corrected chi connectivity index (χ0v) is 18.2. The molecule has 4 nitrogen and oxygen atoms in total. The molecule has 2 aromatic carbocycles. The summed E-state index contributed by atoms with van der Waals surface area (Å²) in [5, 5.41) is 3.54. The molecule has 2 bridgehead atoms. The Labute approximate surface area is 185 Å². The standard InChI is InChI=1S/C27H31N3O/c1-30-23-11-12-24(30)16-26(15-23)31-25-9-5-6-20(14-25)17-28-18-21-10-13-27(29-19-21)22-7-3-2-4-8-22/h2-10,13-14,19,23-24,26,28H,11-12,15-18H2,1H3/t23-,24-/m0/s1. The fourth-order valence-electron chi connectivity index (χ4n) is 5.04. The summed E-state index contributed by atoms with van der Waals surface area (Å²) in [5.41, 5.74) is 4.60. The first-order chi connectivity index (χ1) is 15.2. The average Bonchev–Trinajstić information content (AvgIpc) is 3.01. The Morgan fingerprint density at radius 3 is 2.42 bits per heavy atom. The van der Waals surface area contributed by atoms with Gasteiger partial charge in [0.1, 0.15) is 11.9 Å². The van der Waals surface area contributed by atoms with Gasteiger partial charge in [-0.2, -0.15) is 0 Å². The van der Waals surface area contributed by atoms with Gasteiger partial charge < -0.3 is 15.0 Å². The lowest BCUT2D eigenvalue weighted by atomic mass is 10.0. The molecule has 0 saturated carbocycles. The quantitative estimate of drug-likeness (QED) is 0.589. The summed E-state index contributed by atoms with van der Waals surface area (Å²) in [6.45, 7) is 1.61. The maximum atomic E-state index is 6.38. The normalized spacial score (nSPS) is 23.1. The number of pyridine rings is 1. The zero-order valence-electron chi connectivity index (χ0n) is 18.2. The van der Waals surface area contributed by atoms with E-state index < -0.39 is 0 Å². The smallest absolute Gasteiger partial charge is 0.120 e. The summed E-state index contributed by atoms with van der Waals surface area (Å²) in [4.78, 5) is 7.17. The van der Waals surface area contributed by atoms with Crippen LogP contribution in [0.15, 0.2) is 72.9 Å². The van der Waals surface area contributed by atoms with Gasteiger partial charge in [0.2, 0.25) is 0 Å². The molecule has 0 amide bonds. The Balaban J connectivity index is 1.13. The van der Waals surface area contributed by atoms with Crippen molar-refractivity contribution in [3.05, 3.63) is 84.1 Å². The van der Waals surface area contributed by atoms with Gasteiger partial charge in [0, 0.05) is 36.9 Å². The van der Waals surface area contributed by atoms with E-state index in [4.69, 9.17) is 4.74 Å². The second-order valence-electron chi connectivity index (χ2n) is 8.93. The molecule has 2 aliphatic heterocycles. The third-order valence-electron chi connectivity index (χ3n) is 6.81. The van der Waals surface area contributed by atoms with Gasteiger partial charge >= 0.3 is 0 Å². The van der Waals surface area contributed by atoms with Gasteiger partial charge in [0.15, 0.2) is 0 Å². The first-order valence-corrected chi connectivity index (χ1v) is 11.4. The van der Waals surface area contributed by atoms with E-state index in [2.05, 4.69) is 70.8 Å². The van der Waals surface area contributed by atoms with Crippen LogP contribution in [0.5, 0.6) is 5.75 Å². The maximum absolute atomic E-state index is 6.38. The van der Waals surface area contributed by atoms with Crippen molar-refractivity contribution in [3.63, 3.8) is 0 Å². The first-order valence-electron chi connectivity index (χ1n) is 11.4. The van der Waals surface area contributed by atoms with Crippen molar-refractivity contribution in [2.24, 2.45) is 0 Å². The molecular weight excluding hydrogens is 382 g/mol. The van der Waals surface area contributed by atoms with Crippen molar-refractivity contribution >= 4 is 0 Å². The van der Waals surface area contributed by atoms with Crippen LogP contribution in [-0.2, 0) is 13.1 Å². The lowest BCUT2D eigenvalue weighted by molar-refractivity contribution is 0.0661. The highest BCUT2D eigenvalue weighted by Crippen LogP contribution is 2.36. The number of rotatable bonds is 7. The predicted molar refractivity (Wildman–Crippen MR) is 125 cm³/mol. The van der Waals surface area contributed by atoms with Gasteiger partial charge in [-0.15, -0.1) is 0 Å². The minimum Gasteiger partial charge on any atom is -0.490 e. The molecule has 3 heterocycles. The Kier molecular flexibility index (Phi) is 6.01. The van der Waals surface area contributed by atoms with Gasteiger partial charge in [-0.1, -0.05) is 48.5 Å². The van der Waals surface area contributed by atoms with Crippen LogP contribution < -0.4 is 10.1 Å². The van der Waals surface area contributed by atoms with Gasteiger partial charge in [0.25, 0.3) is 0 Å². The van der Waals surface area contributed by atoms with Crippen LogP contribution in [-0.4, -0.2) is 35.1 Å². The van der Waals surface area contributed by atoms with Crippen molar-refractivity contribution in [2.45, 2.75) is 57.0 Å². The van der Waals surface area contributed by atoms with Crippen molar-refractivity contribution in [2.75, 3.05) is 7.05 Å². The topological polar surface area (TPSA) is 37.4 Å². The predicted octanol–water partition coefficient (Wildman–Crippen LogP) is 5.04.